The van der Waals surface area contributed by atoms with Gasteiger partial charge in [0.1, 0.15) is 17.2 Å². The van der Waals surface area contributed by atoms with Crippen LogP contribution >= 0.6 is 0 Å². The number of carbonyl (C=O) groups is 1. The number of anilines is 1. The van der Waals surface area contributed by atoms with E-state index in [4.69, 9.17) is 4.74 Å². The molecular formula is C27H32N2O4S. The van der Waals surface area contributed by atoms with E-state index in [1.54, 1.807) is 36.4 Å². The molecule has 3 rings (SSSR count). The van der Waals surface area contributed by atoms with Crippen molar-refractivity contribution in [1.82, 2.24) is 5.32 Å². The molecule has 1 amide bonds. The van der Waals surface area contributed by atoms with Gasteiger partial charge >= 0.3 is 0 Å². The van der Waals surface area contributed by atoms with E-state index in [0.717, 1.165) is 28.3 Å². The zero-order valence-electron chi connectivity index (χ0n) is 20.1. The minimum atomic E-state index is -4.07. The summed E-state index contributed by atoms with van der Waals surface area (Å²) in [5.74, 6) is -0.128. The van der Waals surface area contributed by atoms with Gasteiger partial charge in [-0.3, -0.25) is 9.10 Å². The summed E-state index contributed by atoms with van der Waals surface area (Å²) >= 11 is 0. The van der Waals surface area contributed by atoms with Crippen molar-refractivity contribution in [3.63, 3.8) is 0 Å². The molecule has 3 aromatic carbocycles. The Hall–Kier alpha value is -3.32. The van der Waals surface area contributed by atoms with Gasteiger partial charge < -0.3 is 10.1 Å². The SMILES string of the molecule is COc1ccc(C)cc1S(=O)(=O)N(CC(=O)N[C@H](C)CCc1ccccc1)c1cccc(C)c1. The zero-order valence-corrected chi connectivity index (χ0v) is 20.9. The van der Waals surface area contributed by atoms with E-state index in [1.807, 2.05) is 45.0 Å². The molecule has 0 saturated carbocycles. The third-order valence-electron chi connectivity index (χ3n) is 5.58. The molecule has 0 unspecified atom stereocenters. The molecule has 0 aromatic heterocycles. The van der Waals surface area contributed by atoms with Crippen LogP contribution in [0.4, 0.5) is 5.69 Å². The second-order valence-corrected chi connectivity index (χ2v) is 10.3. The molecule has 0 aliphatic rings. The fourth-order valence-corrected chi connectivity index (χ4v) is 5.41. The predicted octanol–water partition coefficient (Wildman–Crippen LogP) is 4.64. The second-order valence-electron chi connectivity index (χ2n) is 8.50. The highest BCUT2D eigenvalue weighted by atomic mass is 32.2. The summed E-state index contributed by atoms with van der Waals surface area (Å²) < 4.78 is 34.0. The predicted molar refractivity (Wildman–Crippen MR) is 136 cm³/mol. The molecule has 6 nitrogen and oxygen atoms in total. The number of sulfonamides is 1. The smallest absolute Gasteiger partial charge is 0.268 e. The first-order chi connectivity index (χ1) is 16.2. The second kappa shape index (κ2) is 11.2. The summed E-state index contributed by atoms with van der Waals surface area (Å²) in [5.41, 5.74) is 3.29. The van der Waals surface area contributed by atoms with Crippen molar-refractivity contribution in [2.24, 2.45) is 0 Å². The number of hydrogen-bond acceptors (Lipinski definition) is 4. The van der Waals surface area contributed by atoms with Gasteiger partial charge in [-0.1, -0.05) is 48.5 Å². The van der Waals surface area contributed by atoms with Crippen molar-refractivity contribution in [2.75, 3.05) is 18.0 Å². The van der Waals surface area contributed by atoms with Crippen molar-refractivity contribution in [3.05, 3.63) is 89.5 Å². The maximum absolute atomic E-state index is 13.8. The fraction of sp³-hybridized carbons (Fsp3) is 0.296. The largest absolute Gasteiger partial charge is 0.495 e. The summed E-state index contributed by atoms with van der Waals surface area (Å²) in [4.78, 5) is 13.0. The van der Waals surface area contributed by atoms with Crippen LogP contribution in [0.1, 0.15) is 30.0 Å². The van der Waals surface area contributed by atoms with Gasteiger partial charge in [0, 0.05) is 6.04 Å². The Morgan fingerprint density at radius 1 is 0.971 bits per heavy atom. The minimum absolute atomic E-state index is 0.0291. The molecule has 34 heavy (non-hydrogen) atoms. The molecule has 180 valence electrons. The average Bonchev–Trinajstić information content (AvgIpc) is 2.81. The number of carbonyl (C=O) groups excluding carboxylic acids is 1. The van der Waals surface area contributed by atoms with Gasteiger partial charge in [-0.15, -0.1) is 0 Å². The van der Waals surface area contributed by atoms with Gasteiger partial charge in [0.15, 0.2) is 0 Å². The van der Waals surface area contributed by atoms with Crippen molar-refractivity contribution in [3.8, 4) is 5.75 Å². The number of methoxy groups -OCH3 is 1. The van der Waals surface area contributed by atoms with Gasteiger partial charge in [0.2, 0.25) is 5.91 Å². The molecule has 0 heterocycles. The summed E-state index contributed by atoms with van der Waals surface area (Å²) in [7, 11) is -2.64. The van der Waals surface area contributed by atoms with Crippen molar-refractivity contribution < 1.29 is 17.9 Å². The van der Waals surface area contributed by atoms with Crippen LogP contribution in [0.15, 0.2) is 77.7 Å². The highest BCUT2D eigenvalue weighted by Crippen LogP contribution is 2.31. The number of nitrogens with zero attached hydrogens (tertiary/aromatic N) is 1. The van der Waals surface area contributed by atoms with E-state index in [9.17, 15) is 13.2 Å². The number of rotatable bonds is 10. The molecule has 0 fully saturated rings. The number of amides is 1. The number of benzene rings is 3. The highest BCUT2D eigenvalue weighted by Gasteiger charge is 2.30. The molecule has 7 heteroatoms. The molecule has 0 radical (unpaired) electrons. The number of aryl methyl sites for hydroxylation is 3. The van der Waals surface area contributed by atoms with Crippen LogP contribution in [0.25, 0.3) is 0 Å². The quantitative estimate of drug-likeness (QED) is 0.459. The lowest BCUT2D eigenvalue weighted by molar-refractivity contribution is -0.120. The molecule has 0 spiro atoms. The number of ether oxygens (including phenoxy) is 1. The molecule has 0 bridgehead atoms. The third kappa shape index (κ3) is 6.38. The van der Waals surface area contributed by atoms with E-state index in [-0.39, 0.29) is 29.1 Å². The van der Waals surface area contributed by atoms with Crippen LogP contribution in [-0.2, 0) is 21.2 Å². The summed E-state index contributed by atoms with van der Waals surface area (Å²) in [6, 6.07) is 22.0. The maximum Gasteiger partial charge on any atom is 0.268 e. The Kier molecular flexibility index (Phi) is 8.34. The highest BCUT2D eigenvalue weighted by molar-refractivity contribution is 7.93. The van der Waals surface area contributed by atoms with Gasteiger partial charge in [-0.05, 0) is 74.6 Å². The lowest BCUT2D eigenvalue weighted by Crippen LogP contribution is -2.43. The van der Waals surface area contributed by atoms with E-state index in [1.165, 1.54) is 12.7 Å². The Morgan fingerprint density at radius 2 is 1.68 bits per heavy atom. The average molecular weight is 481 g/mol. The van der Waals surface area contributed by atoms with E-state index >= 15 is 0 Å². The lowest BCUT2D eigenvalue weighted by atomic mass is 10.1. The van der Waals surface area contributed by atoms with Crippen LogP contribution in [0.5, 0.6) is 5.75 Å². The maximum atomic E-state index is 13.8. The van der Waals surface area contributed by atoms with E-state index in [0.29, 0.717) is 5.69 Å². The molecule has 0 aliphatic heterocycles. The first kappa shape index (κ1) is 25.3. The van der Waals surface area contributed by atoms with Crippen LogP contribution < -0.4 is 14.4 Å². The Labute approximate surface area is 202 Å². The van der Waals surface area contributed by atoms with Gasteiger partial charge in [-0.2, -0.15) is 0 Å². The first-order valence-corrected chi connectivity index (χ1v) is 12.7. The monoisotopic (exact) mass is 480 g/mol. The van der Waals surface area contributed by atoms with Crippen LogP contribution in [0.3, 0.4) is 0 Å². The van der Waals surface area contributed by atoms with Gasteiger partial charge in [0.25, 0.3) is 10.0 Å². The topological polar surface area (TPSA) is 75.7 Å². The van der Waals surface area contributed by atoms with Crippen LogP contribution in [-0.4, -0.2) is 34.0 Å². The first-order valence-electron chi connectivity index (χ1n) is 11.3. The summed E-state index contributed by atoms with van der Waals surface area (Å²) in [6.45, 7) is 5.29. The van der Waals surface area contributed by atoms with Gasteiger partial charge in [-0.25, -0.2) is 8.42 Å². The summed E-state index contributed by atoms with van der Waals surface area (Å²) in [6.07, 6.45) is 1.57. The lowest BCUT2D eigenvalue weighted by Gasteiger charge is -2.26. The van der Waals surface area contributed by atoms with Crippen molar-refractivity contribution >= 4 is 21.6 Å². The molecule has 1 N–H and O–H groups in total. The van der Waals surface area contributed by atoms with E-state index < -0.39 is 10.0 Å². The molecular weight excluding hydrogens is 448 g/mol. The third-order valence-corrected chi connectivity index (χ3v) is 7.38. The fourth-order valence-electron chi connectivity index (χ4n) is 3.75. The molecule has 1 atom stereocenters. The standard InChI is InChI=1S/C27H32N2O4S/c1-20-9-8-12-24(17-20)29(34(31,32)26-18-21(2)13-16-25(26)33-4)19-27(30)28-22(3)14-15-23-10-6-5-7-11-23/h5-13,16-18,22H,14-15,19H2,1-4H3,(H,28,30)/t22-/m1/s1. The molecule has 0 aliphatic carbocycles. The summed E-state index contributed by atoms with van der Waals surface area (Å²) in [5, 5.41) is 2.95. The molecule has 3 aromatic rings. The van der Waals surface area contributed by atoms with E-state index in [2.05, 4.69) is 17.4 Å². The van der Waals surface area contributed by atoms with Crippen molar-refractivity contribution in [1.29, 1.82) is 0 Å². The normalized spacial score (nSPS) is 12.1. The van der Waals surface area contributed by atoms with Gasteiger partial charge in [0.05, 0.1) is 12.8 Å². The zero-order chi connectivity index (χ0) is 24.7. The number of nitrogens with one attached hydrogen (secondary N) is 1. The molecule has 0 saturated heterocycles. The number of hydrogen-bond donors (Lipinski definition) is 1. The van der Waals surface area contributed by atoms with Crippen LogP contribution in [0, 0.1) is 13.8 Å². The Morgan fingerprint density at radius 3 is 2.35 bits per heavy atom. The van der Waals surface area contributed by atoms with Crippen molar-refractivity contribution in [2.45, 2.75) is 44.6 Å². The van der Waals surface area contributed by atoms with Crippen LogP contribution in [0.2, 0.25) is 0 Å². The Balaban J connectivity index is 1.84. The Bertz CT molecular complexity index is 1230. The minimum Gasteiger partial charge on any atom is -0.495 e.